The van der Waals surface area contributed by atoms with Crippen molar-refractivity contribution in [2.75, 3.05) is 7.05 Å². The van der Waals surface area contributed by atoms with Crippen LogP contribution in [0.2, 0.25) is 0 Å². The zero-order valence-corrected chi connectivity index (χ0v) is 12.0. The summed E-state index contributed by atoms with van der Waals surface area (Å²) in [5.41, 5.74) is -0.996. The third-order valence-corrected chi connectivity index (χ3v) is 4.44. The molecule has 116 valence electrons. The van der Waals surface area contributed by atoms with Crippen LogP contribution in [0, 0.1) is 5.41 Å². The number of likely N-dealkylation sites (tertiary alicyclic amines) is 1. The van der Waals surface area contributed by atoms with Crippen LogP contribution in [0.3, 0.4) is 0 Å². The van der Waals surface area contributed by atoms with Crippen LogP contribution >= 0.6 is 0 Å². The molecule has 0 bridgehead atoms. The van der Waals surface area contributed by atoms with E-state index in [9.17, 15) is 24.3 Å². The summed E-state index contributed by atoms with van der Waals surface area (Å²) in [6.45, 7) is 1.60. The molecule has 1 aliphatic heterocycles. The van der Waals surface area contributed by atoms with Crippen LogP contribution in [-0.2, 0) is 14.4 Å². The maximum atomic E-state index is 11.9. The van der Waals surface area contributed by atoms with E-state index < -0.39 is 35.4 Å². The average Bonchev–Trinajstić information content (AvgIpc) is 2.88. The summed E-state index contributed by atoms with van der Waals surface area (Å²) in [6, 6.07) is -1.98. The molecule has 2 aliphatic rings. The summed E-state index contributed by atoms with van der Waals surface area (Å²) in [5.74, 6) is -1.75. The second kappa shape index (κ2) is 5.34. The molecular formula is C13H19N3O5. The van der Waals surface area contributed by atoms with Crippen LogP contribution in [0.25, 0.3) is 0 Å². The fraction of sp³-hybridized carbons (Fsp3) is 0.692. The van der Waals surface area contributed by atoms with Crippen LogP contribution in [-0.4, -0.2) is 53.0 Å². The monoisotopic (exact) mass is 297 g/mol. The van der Waals surface area contributed by atoms with Gasteiger partial charge in [-0.05, 0) is 19.8 Å². The number of carboxylic acid groups (broad SMARTS) is 1. The summed E-state index contributed by atoms with van der Waals surface area (Å²) in [6.07, 6.45) is 1.73. The zero-order chi connectivity index (χ0) is 15.8. The first-order valence-electron chi connectivity index (χ1n) is 6.86. The molecule has 1 saturated carbocycles. The molecule has 2 rings (SSSR count). The highest BCUT2D eigenvalue weighted by atomic mass is 16.4. The minimum absolute atomic E-state index is 0.0659. The van der Waals surface area contributed by atoms with E-state index in [-0.39, 0.29) is 12.3 Å². The minimum Gasteiger partial charge on any atom is -0.481 e. The van der Waals surface area contributed by atoms with Crippen molar-refractivity contribution >= 4 is 23.8 Å². The molecule has 8 nitrogen and oxygen atoms in total. The lowest BCUT2D eigenvalue weighted by atomic mass is 9.85. The lowest BCUT2D eigenvalue weighted by Crippen LogP contribution is -2.53. The highest BCUT2D eigenvalue weighted by Gasteiger charge is 2.46. The number of carboxylic acids is 1. The standard InChI is InChI=1S/C13H19N3O5/c1-13(11(19)20)5-3-4-8(13)15-12(21)14-7-6-9(17)16(2)10(7)18/h7-8H,3-6H2,1-2H3,(H,19,20)(H2,14,15,21). The first-order valence-corrected chi connectivity index (χ1v) is 6.86. The molecule has 0 aromatic carbocycles. The second-order valence-corrected chi connectivity index (χ2v) is 5.83. The van der Waals surface area contributed by atoms with Crippen LogP contribution in [0.1, 0.15) is 32.6 Å². The predicted octanol–water partition coefficient (Wildman–Crippen LogP) is -0.314. The number of rotatable bonds is 3. The fourth-order valence-electron chi connectivity index (χ4n) is 2.88. The number of carbonyl (C=O) groups is 4. The zero-order valence-electron chi connectivity index (χ0n) is 12.0. The van der Waals surface area contributed by atoms with E-state index in [1.54, 1.807) is 6.92 Å². The fourth-order valence-corrected chi connectivity index (χ4v) is 2.88. The Hall–Kier alpha value is -2.12. The normalized spacial score (nSPS) is 32.4. The molecule has 21 heavy (non-hydrogen) atoms. The second-order valence-electron chi connectivity index (χ2n) is 5.83. The molecule has 0 radical (unpaired) electrons. The number of likely N-dealkylation sites (N-methyl/N-ethyl adjacent to an activating group) is 1. The van der Waals surface area contributed by atoms with Gasteiger partial charge in [-0.3, -0.25) is 19.3 Å². The molecule has 0 spiro atoms. The molecule has 1 saturated heterocycles. The van der Waals surface area contributed by atoms with Crippen LogP contribution < -0.4 is 10.6 Å². The summed E-state index contributed by atoms with van der Waals surface area (Å²) < 4.78 is 0. The van der Waals surface area contributed by atoms with E-state index >= 15 is 0 Å². The number of urea groups is 1. The highest BCUT2D eigenvalue weighted by molar-refractivity contribution is 6.06. The number of imide groups is 1. The van der Waals surface area contributed by atoms with Gasteiger partial charge in [-0.15, -0.1) is 0 Å². The lowest BCUT2D eigenvalue weighted by molar-refractivity contribution is -0.148. The van der Waals surface area contributed by atoms with Crippen molar-refractivity contribution < 1.29 is 24.3 Å². The maximum Gasteiger partial charge on any atom is 0.315 e. The van der Waals surface area contributed by atoms with Gasteiger partial charge < -0.3 is 15.7 Å². The largest absolute Gasteiger partial charge is 0.481 e. The molecule has 4 amide bonds. The number of nitrogens with zero attached hydrogens (tertiary/aromatic N) is 1. The SMILES string of the molecule is CN1C(=O)CC(NC(=O)NC2CCCC2(C)C(=O)O)C1=O. The van der Waals surface area contributed by atoms with E-state index in [1.807, 2.05) is 0 Å². The highest BCUT2D eigenvalue weighted by Crippen LogP contribution is 2.38. The van der Waals surface area contributed by atoms with Crippen molar-refractivity contribution in [1.29, 1.82) is 0 Å². The van der Waals surface area contributed by atoms with Crippen LogP contribution in [0.4, 0.5) is 4.79 Å². The molecule has 8 heteroatoms. The Morgan fingerprint density at radius 2 is 2.00 bits per heavy atom. The van der Waals surface area contributed by atoms with E-state index in [2.05, 4.69) is 10.6 Å². The van der Waals surface area contributed by atoms with E-state index in [4.69, 9.17) is 0 Å². The van der Waals surface area contributed by atoms with Gasteiger partial charge in [-0.1, -0.05) is 6.42 Å². The van der Waals surface area contributed by atoms with Gasteiger partial charge in [0.15, 0.2) is 0 Å². The third kappa shape index (κ3) is 2.70. The van der Waals surface area contributed by atoms with Crippen molar-refractivity contribution in [2.24, 2.45) is 5.41 Å². The number of hydrogen-bond acceptors (Lipinski definition) is 4. The average molecular weight is 297 g/mol. The van der Waals surface area contributed by atoms with Crippen molar-refractivity contribution in [2.45, 2.75) is 44.7 Å². The molecule has 3 unspecified atom stereocenters. The Bertz CT molecular complexity index is 506. The molecule has 3 N–H and O–H groups in total. The Labute approximate surface area is 121 Å². The Morgan fingerprint density at radius 1 is 1.33 bits per heavy atom. The number of amides is 4. The van der Waals surface area contributed by atoms with Gasteiger partial charge in [-0.25, -0.2) is 4.79 Å². The molecule has 2 fully saturated rings. The van der Waals surface area contributed by atoms with E-state index in [0.717, 1.165) is 11.3 Å². The van der Waals surface area contributed by atoms with Gasteiger partial charge in [-0.2, -0.15) is 0 Å². The van der Waals surface area contributed by atoms with Crippen LogP contribution in [0.5, 0.6) is 0 Å². The lowest BCUT2D eigenvalue weighted by Gasteiger charge is -2.28. The van der Waals surface area contributed by atoms with Gasteiger partial charge in [0.05, 0.1) is 11.8 Å². The van der Waals surface area contributed by atoms with E-state index in [0.29, 0.717) is 12.8 Å². The number of hydrogen-bond donors (Lipinski definition) is 3. The van der Waals surface area contributed by atoms with Crippen molar-refractivity contribution in [3.8, 4) is 0 Å². The van der Waals surface area contributed by atoms with Gasteiger partial charge in [0.2, 0.25) is 5.91 Å². The van der Waals surface area contributed by atoms with Crippen molar-refractivity contribution in [3.63, 3.8) is 0 Å². The Kier molecular flexibility index (Phi) is 3.89. The van der Waals surface area contributed by atoms with E-state index in [1.165, 1.54) is 7.05 Å². The first kappa shape index (κ1) is 15.3. The van der Waals surface area contributed by atoms with Crippen molar-refractivity contribution in [1.82, 2.24) is 15.5 Å². The van der Waals surface area contributed by atoms with Crippen molar-refractivity contribution in [3.05, 3.63) is 0 Å². The Balaban J connectivity index is 1.95. The maximum absolute atomic E-state index is 11.9. The number of nitrogens with one attached hydrogen (secondary N) is 2. The van der Waals surface area contributed by atoms with Crippen LogP contribution in [0.15, 0.2) is 0 Å². The quantitative estimate of drug-likeness (QED) is 0.618. The topological polar surface area (TPSA) is 116 Å². The molecule has 3 atom stereocenters. The summed E-state index contributed by atoms with van der Waals surface area (Å²) in [7, 11) is 1.36. The molecule has 0 aromatic heterocycles. The smallest absolute Gasteiger partial charge is 0.315 e. The molecule has 1 heterocycles. The number of carbonyl (C=O) groups excluding carboxylic acids is 3. The van der Waals surface area contributed by atoms with Gasteiger partial charge in [0.25, 0.3) is 5.91 Å². The molecule has 0 aromatic rings. The molecule has 1 aliphatic carbocycles. The van der Waals surface area contributed by atoms with Gasteiger partial charge in [0.1, 0.15) is 6.04 Å². The summed E-state index contributed by atoms with van der Waals surface area (Å²) >= 11 is 0. The predicted molar refractivity (Wildman–Crippen MR) is 71.2 cm³/mol. The van der Waals surface area contributed by atoms with Gasteiger partial charge in [0, 0.05) is 13.1 Å². The Morgan fingerprint density at radius 3 is 2.52 bits per heavy atom. The first-order chi connectivity index (χ1) is 9.75. The van der Waals surface area contributed by atoms with Gasteiger partial charge >= 0.3 is 12.0 Å². The third-order valence-electron chi connectivity index (χ3n) is 4.44. The number of aliphatic carboxylic acids is 1. The minimum atomic E-state index is -0.996. The summed E-state index contributed by atoms with van der Waals surface area (Å²) in [4.78, 5) is 47.3. The molecular weight excluding hydrogens is 278 g/mol. The summed E-state index contributed by atoms with van der Waals surface area (Å²) in [5, 5.41) is 14.3.